The SMILES string of the molecule is CCCCNC1CC(=O)C2CCCC1C2. The molecule has 0 aromatic rings. The van der Waals surface area contributed by atoms with Crippen molar-refractivity contribution in [3.05, 3.63) is 0 Å². The lowest BCUT2D eigenvalue weighted by Crippen LogP contribution is -2.46. The Balaban J connectivity index is 1.85. The van der Waals surface area contributed by atoms with Crippen LogP contribution in [-0.4, -0.2) is 18.4 Å². The van der Waals surface area contributed by atoms with E-state index in [1.807, 2.05) is 0 Å². The molecule has 2 heteroatoms. The molecule has 3 atom stereocenters. The zero-order valence-corrected chi connectivity index (χ0v) is 9.80. The topological polar surface area (TPSA) is 29.1 Å². The van der Waals surface area contributed by atoms with Gasteiger partial charge < -0.3 is 5.32 Å². The van der Waals surface area contributed by atoms with Gasteiger partial charge in [-0.3, -0.25) is 4.79 Å². The Morgan fingerprint density at radius 2 is 2.27 bits per heavy atom. The summed E-state index contributed by atoms with van der Waals surface area (Å²) < 4.78 is 0. The van der Waals surface area contributed by atoms with Gasteiger partial charge in [-0.15, -0.1) is 0 Å². The minimum atomic E-state index is 0.424. The monoisotopic (exact) mass is 209 g/mol. The molecule has 2 fully saturated rings. The first-order valence-corrected chi connectivity index (χ1v) is 6.57. The second-order valence-corrected chi connectivity index (χ2v) is 5.21. The van der Waals surface area contributed by atoms with Crippen molar-refractivity contribution in [2.24, 2.45) is 11.8 Å². The first-order chi connectivity index (χ1) is 7.31. The Morgan fingerprint density at radius 3 is 3.07 bits per heavy atom. The fourth-order valence-corrected chi connectivity index (χ4v) is 3.14. The van der Waals surface area contributed by atoms with E-state index in [1.165, 1.54) is 32.1 Å². The molecule has 2 nitrogen and oxygen atoms in total. The highest BCUT2D eigenvalue weighted by Crippen LogP contribution is 2.37. The predicted octanol–water partition coefficient (Wildman–Crippen LogP) is 2.52. The number of carbonyl (C=O) groups excluding carboxylic acids is 1. The highest BCUT2D eigenvalue weighted by atomic mass is 16.1. The van der Waals surface area contributed by atoms with Gasteiger partial charge in [-0.25, -0.2) is 0 Å². The number of rotatable bonds is 4. The number of carbonyl (C=O) groups is 1. The molecule has 15 heavy (non-hydrogen) atoms. The second-order valence-electron chi connectivity index (χ2n) is 5.21. The van der Waals surface area contributed by atoms with Gasteiger partial charge in [0, 0.05) is 18.4 Å². The normalized spacial score (nSPS) is 35.5. The Hall–Kier alpha value is -0.370. The lowest BCUT2D eigenvalue weighted by molar-refractivity contribution is -0.128. The van der Waals surface area contributed by atoms with Crippen LogP contribution in [0.4, 0.5) is 0 Å². The van der Waals surface area contributed by atoms with Crippen LogP contribution >= 0.6 is 0 Å². The fourth-order valence-electron chi connectivity index (χ4n) is 3.14. The van der Waals surface area contributed by atoms with Crippen molar-refractivity contribution in [3.63, 3.8) is 0 Å². The minimum absolute atomic E-state index is 0.424. The molecular weight excluding hydrogens is 186 g/mol. The summed E-state index contributed by atoms with van der Waals surface area (Å²) in [5.41, 5.74) is 0. The number of nitrogens with one attached hydrogen (secondary N) is 1. The molecule has 2 aliphatic rings. The van der Waals surface area contributed by atoms with Crippen LogP contribution in [0.3, 0.4) is 0 Å². The largest absolute Gasteiger partial charge is 0.313 e. The van der Waals surface area contributed by atoms with Crippen LogP contribution in [0.15, 0.2) is 0 Å². The van der Waals surface area contributed by atoms with Crippen LogP contribution in [0.25, 0.3) is 0 Å². The van der Waals surface area contributed by atoms with Crippen molar-refractivity contribution in [1.29, 1.82) is 0 Å². The molecule has 0 heterocycles. The summed E-state index contributed by atoms with van der Waals surface area (Å²) in [5.74, 6) is 1.74. The van der Waals surface area contributed by atoms with Gasteiger partial charge in [-0.2, -0.15) is 0 Å². The van der Waals surface area contributed by atoms with Crippen LogP contribution in [0.5, 0.6) is 0 Å². The van der Waals surface area contributed by atoms with Crippen molar-refractivity contribution in [2.45, 2.75) is 57.9 Å². The van der Waals surface area contributed by atoms with E-state index in [9.17, 15) is 4.79 Å². The zero-order valence-electron chi connectivity index (χ0n) is 9.80. The first kappa shape index (κ1) is 11.1. The van der Waals surface area contributed by atoms with Crippen LogP contribution in [0.2, 0.25) is 0 Å². The molecule has 2 saturated carbocycles. The molecule has 0 saturated heterocycles. The number of unbranched alkanes of at least 4 members (excludes halogenated alkanes) is 1. The second kappa shape index (κ2) is 5.11. The third kappa shape index (κ3) is 2.60. The summed E-state index contributed by atoms with van der Waals surface area (Å²) in [4.78, 5) is 11.8. The lowest BCUT2D eigenvalue weighted by atomic mass is 9.69. The van der Waals surface area contributed by atoms with E-state index >= 15 is 0 Å². The molecule has 2 rings (SSSR count). The van der Waals surface area contributed by atoms with E-state index in [-0.39, 0.29) is 0 Å². The van der Waals surface area contributed by atoms with E-state index in [0.717, 1.165) is 25.3 Å². The number of ketones is 1. The standard InChI is InChI=1S/C13H23NO/c1-2-3-7-14-12-9-13(15)11-6-4-5-10(12)8-11/h10-12,14H,2-9H2,1H3. The summed E-state index contributed by atoms with van der Waals surface area (Å²) in [5, 5.41) is 3.59. The Morgan fingerprint density at radius 1 is 1.40 bits per heavy atom. The van der Waals surface area contributed by atoms with E-state index in [0.29, 0.717) is 17.7 Å². The molecule has 1 N–H and O–H groups in total. The lowest BCUT2D eigenvalue weighted by Gasteiger charge is -2.39. The van der Waals surface area contributed by atoms with Crippen molar-refractivity contribution in [2.75, 3.05) is 6.54 Å². The van der Waals surface area contributed by atoms with Crippen LogP contribution in [-0.2, 0) is 4.79 Å². The van der Waals surface area contributed by atoms with Gasteiger partial charge in [-0.05, 0) is 38.1 Å². The highest BCUT2D eigenvalue weighted by molar-refractivity contribution is 5.82. The molecule has 86 valence electrons. The molecule has 2 bridgehead atoms. The smallest absolute Gasteiger partial charge is 0.137 e. The van der Waals surface area contributed by atoms with Crippen molar-refractivity contribution in [3.8, 4) is 0 Å². The van der Waals surface area contributed by atoms with Crippen molar-refractivity contribution in [1.82, 2.24) is 5.32 Å². The Bertz CT molecular complexity index is 227. The van der Waals surface area contributed by atoms with Crippen LogP contribution in [0, 0.1) is 11.8 Å². The molecule has 0 aromatic carbocycles. The number of hydrogen-bond acceptors (Lipinski definition) is 2. The maximum Gasteiger partial charge on any atom is 0.137 e. The predicted molar refractivity (Wildman–Crippen MR) is 61.8 cm³/mol. The van der Waals surface area contributed by atoms with Gasteiger partial charge in [-0.1, -0.05) is 19.8 Å². The molecule has 3 unspecified atom stereocenters. The maximum atomic E-state index is 11.8. The minimum Gasteiger partial charge on any atom is -0.313 e. The number of fused-ring (bicyclic) bond motifs is 2. The summed E-state index contributed by atoms with van der Waals surface area (Å²) in [7, 11) is 0. The fraction of sp³-hybridized carbons (Fsp3) is 0.923. The molecule has 0 amide bonds. The van der Waals surface area contributed by atoms with E-state index in [2.05, 4.69) is 12.2 Å². The van der Waals surface area contributed by atoms with Gasteiger partial charge in [0.1, 0.15) is 5.78 Å². The van der Waals surface area contributed by atoms with Crippen molar-refractivity contribution >= 4 is 5.78 Å². The van der Waals surface area contributed by atoms with E-state index < -0.39 is 0 Å². The summed E-state index contributed by atoms with van der Waals surface area (Å²) >= 11 is 0. The number of Topliss-reactive ketones (excluding diaryl/α,β-unsaturated/α-hetero) is 1. The molecule has 0 aliphatic heterocycles. The molecule has 0 aromatic heterocycles. The summed E-state index contributed by atoms with van der Waals surface area (Å²) in [6, 6.07) is 0.501. The number of hydrogen-bond donors (Lipinski definition) is 1. The Labute approximate surface area is 92.8 Å². The molecule has 0 radical (unpaired) electrons. The van der Waals surface area contributed by atoms with Gasteiger partial charge in [0.05, 0.1) is 0 Å². The molecule has 2 aliphatic carbocycles. The zero-order chi connectivity index (χ0) is 10.7. The average molecular weight is 209 g/mol. The van der Waals surface area contributed by atoms with Crippen LogP contribution < -0.4 is 5.32 Å². The maximum absolute atomic E-state index is 11.8. The highest BCUT2D eigenvalue weighted by Gasteiger charge is 2.37. The first-order valence-electron chi connectivity index (χ1n) is 6.57. The third-order valence-corrected chi connectivity index (χ3v) is 4.10. The van der Waals surface area contributed by atoms with Crippen molar-refractivity contribution < 1.29 is 4.79 Å². The Kier molecular flexibility index (Phi) is 3.79. The van der Waals surface area contributed by atoms with Gasteiger partial charge >= 0.3 is 0 Å². The van der Waals surface area contributed by atoms with Crippen LogP contribution in [0.1, 0.15) is 51.9 Å². The third-order valence-electron chi connectivity index (χ3n) is 4.10. The summed E-state index contributed by atoms with van der Waals surface area (Å²) in [6.07, 6.45) is 8.22. The van der Waals surface area contributed by atoms with Gasteiger partial charge in [0.15, 0.2) is 0 Å². The average Bonchev–Trinajstić information content (AvgIpc) is 2.26. The quantitative estimate of drug-likeness (QED) is 0.721. The van der Waals surface area contributed by atoms with Gasteiger partial charge in [0.2, 0.25) is 0 Å². The van der Waals surface area contributed by atoms with Gasteiger partial charge in [0.25, 0.3) is 0 Å². The molecular formula is C13H23NO. The summed E-state index contributed by atoms with van der Waals surface area (Å²) in [6.45, 7) is 3.31. The van der Waals surface area contributed by atoms with E-state index in [1.54, 1.807) is 0 Å². The molecule has 0 spiro atoms. The van der Waals surface area contributed by atoms with E-state index in [4.69, 9.17) is 0 Å².